The Morgan fingerprint density at radius 2 is 2.24 bits per heavy atom. The lowest BCUT2D eigenvalue weighted by Gasteiger charge is -2.12. The molecule has 0 bridgehead atoms. The lowest BCUT2D eigenvalue weighted by Crippen LogP contribution is -2.12. The minimum absolute atomic E-state index is 0.0866. The largest absolute Gasteiger partial charge is 0.481 e. The van der Waals surface area contributed by atoms with E-state index in [1.165, 1.54) is 0 Å². The summed E-state index contributed by atoms with van der Waals surface area (Å²) < 4.78 is 11.1. The van der Waals surface area contributed by atoms with Crippen molar-refractivity contribution in [2.24, 2.45) is 0 Å². The van der Waals surface area contributed by atoms with Gasteiger partial charge in [-0.3, -0.25) is 4.79 Å². The quantitative estimate of drug-likeness (QED) is 0.900. The third-order valence-electron chi connectivity index (χ3n) is 2.59. The van der Waals surface area contributed by atoms with E-state index in [0.717, 1.165) is 5.56 Å². The molecule has 0 radical (unpaired) electrons. The van der Waals surface area contributed by atoms with Gasteiger partial charge in [0.1, 0.15) is 0 Å². The van der Waals surface area contributed by atoms with Gasteiger partial charge in [-0.2, -0.15) is 0 Å². The zero-order chi connectivity index (χ0) is 12.3. The Morgan fingerprint density at radius 1 is 1.47 bits per heavy atom. The van der Waals surface area contributed by atoms with Gasteiger partial charge in [0.25, 0.3) is 0 Å². The molecular formula is C12H13ClO4. The smallest absolute Gasteiger partial charge is 0.303 e. The fourth-order valence-electron chi connectivity index (χ4n) is 1.71. The Morgan fingerprint density at radius 3 is 2.94 bits per heavy atom. The molecule has 1 aliphatic rings. The van der Waals surface area contributed by atoms with Gasteiger partial charge in [-0.25, -0.2) is 0 Å². The van der Waals surface area contributed by atoms with Crippen LogP contribution in [0.25, 0.3) is 0 Å². The number of carboxylic acid groups (broad SMARTS) is 1. The summed E-state index contributed by atoms with van der Waals surface area (Å²) in [6.07, 6.45) is -0.116. The molecule has 17 heavy (non-hydrogen) atoms. The van der Waals surface area contributed by atoms with E-state index in [1.54, 1.807) is 6.07 Å². The summed E-state index contributed by atoms with van der Waals surface area (Å²) in [6, 6.07) is 7.31. The highest BCUT2D eigenvalue weighted by Crippen LogP contribution is 2.32. The Hall–Kier alpha value is -1.10. The van der Waals surface area contributed by atoms with Crippen molar-refractivity contribution in [3.63, 3.8) is 0 Å². The van der Waals surface area contributed by atoms with Crippen molar-refractivity contribution < 1.29 is 19.4 Å². The van der Waals surface area contributed by atoms with E-state index in [9.17, 15) is 4.79 Å². The molecule has 4 nitrogen and oxygen atoms in total. The molecule has 0 spiro atoms. The predicted octanol–water partition coefficient (Wildman–Crippen LogP) is 2.62. The third kappa shape index (κ3) is 3.19. The molecule has 2 unspecified atom stereocenters. The van der Waals surface area contributed by atoms with Crippen molar-refractivity contribution in [2.45, 2.75) is 25.2 Å². The van der Waals surface area contributed by atoms with Crippen molar-refractivity contribution in [2.75, 3.05) is 6.61 Å². The highest BCUT2D eigenvalue weighted by atomic mass is 35.5. The molecule has 1 N–H and O–H groups in total. The first-order valence-electron chi connectivity index (χ1n) is 5.40. The normalized spacial score (nSPS) is 23.8. The minimum Gasteiger partial charge on any atom is -0.481 e. The Balaban J connectivity index is 1.94. The molecule has 92 valence electrons. The molecule has 1 aliphatic heterocycles. The molecule has 1 saturated heterocycles. The second-order valence-electron chi connectivity index (χ2n) is 3.88. The number of hydrogen-bond donors (Lipinski definition) is 1. The van der Waals surface area contributed by atoms with Crippen molar-refractivity contribution >= 4 is 17.6 Å². The van der Waals surface area contributed by atoms with Gasteiger partial charge in [-0.1, -0.05) is 29.8 Å². The van der Waals surface area contributed by atoms with Crippen molar-refractivity contribution in [1.82, 2.24) is 0 Å². The summed E-state index contributed by atoms with van der Waals surface area (Å²) >= 11 is 6.03. The molecule has 2 rings (SSSR count). The molecule has 1 aromatic carbocycles. The summed E-state index contributed by atoms with van der Waals surface area (Å²) in [5.74, 6) is -0.824. The fraction of sp³-hybridized carbons (Fsp3) is 0.417. The van der Waals surface area contributed by atoms with E-state index in [1.807, 2.05) is 18.2 Å². The number of ether oxygens (including phenoxy) is 2. The number of carbonyl (C=O) groups is 1. The molecule has 0 saturated carbocycles. The Labute approximate surface area is 104 Å². The lowest BCUT2D eigenvalue weighted by atomic mass is 10.2. The molecule has 0 amide bonds. The van der Waals surface area contributed by atoms with Gasteiger partial charge in [0.05, 0.1) is 12.7 Å². The van der Waals surface area contributed by atoms with Crippen LogP contribution in [0.4, 0.5) is 0 Å². The summed E-state index contributed by atoms with van der Waals surface area (Å²) in [6.45, 7) is 0.406. The first-order chi connectivity index (χ1) is 8.16. The minimum atomic E-state index is -0.824. The van der Waals surface area contributed by atoms with E-state index in [0.29, 0.717) is 18.1 Å². The van der Waals surface area contributed by atoms with Crippen LogP contribution < -0.4 is 0 Å². The predicted molar refractivity (Wildman–Crippen MR) is 61.9 cm³/mol. The van der Waals surface area contributed by atoms with Crippen molar-refractivity contribution in [1.29, 1.82) is 0 Å². The molecule has 5 heteroatoms. The maximum absolute atomic E-state index is 10.4. The lowest BCUT2D eigenvalue weighted by molar-refractivity contribution is -0.138. The van der Waals surface area contributed by atoms with Gasteiger partial charge >= 0.3 is 5.97 Å². The van der Waals surface area contributed by atoms with Gasteiger partial charge in [0.2, 0.25) is 0 Å². The first kappa shape index (κ1) is 12.4. The SMILES string of the molecule is O=C(O)CCC1COC(c2ccccc2Cl)O1. The van der Waals surface area contributed by atoms with Crippen LogP contribution in [0.2, 0.25) is 5.02 Å². The zero-order valence-corrected chi connectivity index (χ0v) is 9.89. The van der Waals surface area contributed by atoms with Crippen LogP contribution in [0.3, 0.4) is 0 Å². The zero-order valence-electron chi connectivity index (χ0n) is 9.14. The second-order valence-corrected chi connectivity index (χ2v) is 4.28. The molecule has 0 aromatic heterocycles. The van der Waals surface area contributed by atoms with Crippen LogP contribution >= 0.6 is 11.6 Å². The van der Waals surface area contributed by atoms with E-state index in [-0.39, 0.29) is 12.5 Å². The van der Waals surface area contributed by atoms with Gasteiger partial charge < -0.3 is 14.6 Å². The standard InChI is InChI=1S/C12H13ClO4/c13-10-4-2-1-3-9(10)12-16-7-8(17-12)5-6-11(14)15/h1-4,8,12H,5-7H2,(H,14,15). The number of hydrogen-bond acceptors (Lipinski definition) is 3. The maximum atomic E-state index is 10.4. The van der Waals surface area contributed by atoms with E-state index >= 15 is 0 Å². The average molecular weight is 257 g/mol. The highest BCUT2D eigenvalue weighted by molar-refractivity contribution is 6.31. The van der Waals surface area contributed by atoms with Crippen molar-refractivity contribution in [3.8, 4) is 0 Å². The number of aliphatic carboxylic acids is 1. The van der Waals surface area contributed by atoms with Gasteiger partial charge in [-0.15, -0.1) is 0 Å². The number of halogens is 1. The fourth-order valence-corrected chi connectivity index (χ4v) is 1.94. The highest BCUT2D eigenvalue weighted by Gasteiger charge is 2.28. The van der Waals surface area contributed by atoms with Crippen LogP contribution in [0.15, 0.2) is 24.3 Å². The molecule has 0 aliphatic carbocycles. The van der Waals surface area contributed by atoms with E-state index in [4.69, 9.17) is 26.2 Å². The van der Waals surface area contributed by atoms with Crippen LogP contribution in [-0.4, -0.2) is 23.8 Å². The number of rotatable bonds is 4. The maximum Gasteiger partial charge on any atom is 0.303 e. The Kier molecular flexibility index (Phi) is 3.99. The van der Waals surface area contributed by atoms with E-state index in [2.05, 4.69) is 0 Å². The summed E-state index contributed by atoms with van der Waals surface area (Å²) in [5, 5.41) is 9.18. The van der Waals surface area contributed by atoms with Crippen LogP contribution in [0, 0.1) is 0 Å². The number of benzene rings is 1. The summed E-state index contributed by atoms with van der Waals surface area (Å²) in [5.41, 5.74) is 0.784. The molecule has 1 heterocycles. The van der Waals surface area contributed by atoms with Crippen molar-refractivity contribution in [3.05, 3.63) is 34.9 Å². The van der Waals surface area contributed by atoms with Gasteiger partial charge in [-0.05, 0) is 12.5 Å². The monoisotopic (exact) mass is 256 g/mol. The van der Waals surface area contributed by atoms with E-state index < -0.39 is 12.3 Å². The summed E-state index contributed by atoms with van der Waals surface area (Å²) in [4.78, 5) is 10.4. The molecular weight excluding hydrogens is 244 g/mol. The molecule has 2 atom stereocenters. The summed E-state index contributed by atoms with van der Waals surface area (Å²) in [7, 11) is 0. The van der Waals surface area contributed by atoms with Gasteiger partial charge in [0, 0.05) is 17.0 Å². The molecule has 1 aromatic rings. The van der Waals surface area contributed by atoms with Crippen LogP contribution in [-0.2, 0) is 14.3 Å². The topological polar surface area (TPSA) is 55.8 Å². The number of carboxylic acids is 1. The second kappa shape index (κ2) is 5.49. The first-order valence-corrected chi connectivity index (χ1v) is 5.78. The Bertz CT molecular complexity index is 407. The average Bonchev–Trinajstić information content (AvgIpc) is 2.75. The van der Waals surface area contributed by atoms with Crippen LogP contribution in [0.5, 0.6) is 0 Å². The third-order valence-corrected chi connectivity index (χ3v) is 2.93. The van der Waals surface area contributed by atoms with Crippen LogP contribution in [0.1, 0.15) is 24.7 Å². The molecule has 1 fully saturated rings. The van der Waals surface area contributed by atoms with Gasteiger partial charge in [0.15, 0.2) is 6.29 Å².